The van der Waals surface area contributed by atoms with Crippen LogP contribution in [0.25, 0.3) is 0 Å². The average molecular weight is 308 g/mol. The second-order valence-corrected chi connectivity index (χ2v) is 5.57. The maximum Gasteiger partial charge on any atom is 0.138 e. The summed E-state index contributed by atoms with van der Waals surface area (Å²) in [7, 11) is 0. The summed E-state index contributed by atoms with van der Waals surface area (Å²) in [6, 6.07) is 10.6. The molecule has 1 atom stereocenters. The largest absolute Gasteiger partial charge is 0.356 e. The Kier molecular flexibility index (Phi) is 4.08. The maximum atomic E-state index is 6.10. The predicted molar refractivity (Wildman–Crippen MR) is 82.6 cm³/mol. The normalized spacial score (nSPS) is 18.5. The molecule has 1 aromatic carbocycles. The van der Waals surface area contributed by atoms with E-state index >= 15 is 0 Å². The van der Waals surface area contributed by atoms with Crippen LogP contribution in [0.2, 0.25) is 5.15 Å². The molecule has 1 fully saturated rings. The standard InChI is InChI=1S/C15H15Cl2N3/c16-8-13-14(17)18-10-19-15(13)20-7-6-12(9-20)11-4-2-1-3-5-11/h1-5,10,12H,6-9H2. The quantitative estimate of drug-likeness (QED) is 0.637. The van der Waals surface area contributed by atoms with Crippen LogP contribution in [0.1, 0.15) is 23.5 Å². The Morgan fingerprint density at radius 2 is 2.00 bits per heavy atom. The van der Waals surface area contributed by atoms with Gasteiger partial charge in [0.25, 0.3) is 0 Å². The molecular formula is C15H15Cl2N3. The van der Waals surface area contributed by atoms with Crippen LogP contribution in [0.15, 0.2) is 36.7 Å². The predicted octanol–water partition coefficient (Wildman–Crippen LogP) is 3.86. The third-order valence-corrected chi connectivity index (χ3v) is 4.36. The lowest BCUT2D eigenvalue weighted by Crippen LogP contribution is -2.22. The van der Waals surface area contributed by atoms with Gasteiger partial charge in [-0.3, -0.25) is 0 Å². The van der Waals surface area contributed by atoms with E-state index in [2.05, 4.69) is 39.1 Å². The minimum atomic E-state index is 0.335. The first-order valence-electron chi connectivity index (χ1n) is 6.65. The molecule has 0 N–H and O–H groups in total. The smallest absolute Gasteiger partial charge is 0.138 e. The van der Waals surface area contributed by atoms with E-state index in [4.69, 9.17) is 23.2 Å². The van der Waals surface area contributed by atoms with E-state index in [1.54, 1.807) is 0 Å². The van der Waals surface area contributed by atoms with Crippen molar-refractivity contribution < 1.29 is 0 Å². The molecule has 5 heteroatoms. The second kappa shape index (κ2) is 5.98. The molecule has 1 aromatic heterocycles. The van der Waals surface area contributed by atoms with Gasteiger partial charge in [0.05, 0.1) is 5.88 Å². The van der Waals surface area contributed by atoms with Crippen molar-refractivity contribution in [2.24, 2.45) is 0 Å². The molecule has 2 aromatic rings. The number of rotatable bonds is 3. The van der Waals surface area contributed by atoms with Crippen molar-refractivity contribution in [1.29, 1.82) is 0 Å². The number of benzene rings is 1. The van der Waals surface area contributed by atoms with Crippen LogP contribution in [0.5, 0.6) is 0 Å². The molecule has 1 saturated heterocycles. The monoisotopic (exact) mass is 307 g/mol. The van der Waals surface area contributed by atoms with E-state index in [0.29, 0.717) is 17.0 Å². The van der Waals surface area contributed by atoms with Crippen molar-refractivity contribution in [3.05, 3.63) is 52.9 Å². The van der Waals surface area contributed by atoms with Gasteiger partial charge in [0.2, 0.25) is 0 Å². The summed E-state index contributed by atoms with van der Waals surface area (Å²) in [6.45, 7) is 1.91. The van der Waals surface area contributed by atoms with E-state index in [1.807, 2.05) is 6.07 Å². The highest BCUT2D eigenvalue weighted by Crippen LogP contribution is 2.33. The van der Waals surface area contributed by atoms with Gasteiger partial charge in [-0.05, 0) is 12.0 Å². The molecule has 3 nitrogen and oxygen atoms in total. The van der Waals surface area contributed by atoms with Gasteiger partial charge in [-0.15, -0.1) is 11.6 Å². The van der Waals surface area contributed by atoms with E-state index < -0.39 is 0 Å². The van der Waals surface area contributed by atoms with Gasteiger partial charge in [-0.1, -0.05) is 41.9 Å². The summed E-state index contributed by atoms with van der Waals surface area (Å²) >= 11 is 12.1. The fourth-order valence-electron chi connectivity index (χ4n) is 2.72. The Bertz CT molecular complexity index is 589. The first-order valence-corrected chi connectivity index (χ1v) is 7.56. The number of anilines is 1. The number of nitrogens with zero attached hydrogens (tertiary/aromatic N) is 3. The third-order valence-electron chi connectivity index (χ3n) is 3.76. The molecule has 1 unspecified atom stereocenters. The van der Waals surface area contributed by atoms with Crippen molar-refractivity contribution in [1.82, 2.24) is 9.97 Å². The summed E-state index contributed by atoms with van der Waals surface area (Å²) in [4.78, 5) is 10.6. The molecule has 0 bridgehead atoms. The highest BCUT2D eigenvalue weighted by molar-refractivity contribution is 6.31. The molecule has 2 heterocycles. The van der Waals surface area contributed by atoms with Gasteiger partial charge in [-0.25, -0.2) is 9.97 Å². The van der Waals surface area contributed by atoms with Crippen LogP contribution < -0.4 is 4.90 Å². The summed E-state index contributed by atoms with van der Waals surface area (Å²) in [5.74, 6) is 1.74. The van der Waals surface area contributed by atoms with Gasteiger partial charge < -0.3 is 4.90 Å². The number of alkyl halides is 1. The molecule has 3 rings (SSSR count). The van der Waals surface area contributed by atoms with Gasteiger partial charge in [-0.2, -0.15) is 0 Å². The van der Waals surface area contributed by atoms with E-state index in [9.17, 15) is 0 Å². The van der Waals surface area contributed by atoms with Crippen LogP contribution in [0, 0.1) is 0 Å². The van der Waals surface area contributed by atoms with Crippen molar-refractivity contribution in [2.75, 3.05) is 18.0 Å². The van der Waals surface area contributed by atoms with Gasteiger partial charge in [0.15, 0.2) is 0 Å². The Balaban J connectivity index is 1.83. The summed E-state index contributed by atoms with van der Waals surface area (Å²) < 4.78 is 0. The lowest BCUT2D eigenvalue weighted by Gasteiger charge is -2.20. The van der Waals surface area contributed by atoms with Crippen molar-refractivity contribution >= 4 is 29.0 Å². The molecule has 0 aliphatic carbocycles. The molecule has 0 amide bonds. The molecule has 0 saturated carbocycles. The molecule has 1 aliphatic heterocycles. The molecular weight excluding hydrogens is 293 g/mol. The lowest BCUT2D eigenvalue weighted by atomic mass is 9.99. The Labute approximate surface area is 128 Å². The van der Waals surface area contributed by atoms with Crippen LogP contribution in [-0.2, 0) is 5.88 Å². The van der Waals surface area contributed by atoms with Crippen molar-refractivity contribution in [3.63, 3.8) is 0 Å². The van der Waals surface area contributed by atoms with Crippen LogP contribution in [0.3, 0.4) is 0 Å². The zero-order valence-corrected chi connectivity index (χ0v) is 12.5. The zero-order valence-electron chi connectivity index (χ0n) is 11.0. The second-order valence-electron chi connectivity index (χ2n) is 4.94. The topological polar surface area (TPSA) is 29.0 Å². The molecule has 20 heavy (non-hydrogen) atoms. The SMILES string of the molecule is ClCc1c(Cl)ncnc1N1CCC(c2ccccc2)C1. The fraction of sp³-hybridized carbons (Fsp3) is 0.333. The summed E-state index contributed by atoms with van der Waals surface area (Å²) in [5.41, 5.74) is 2.20. The molecule has 104 valence electrons. The highest BCUT2D eigenvalue weighted by Gasteiger charge is 2.26. The zero-order chi connectivity index (χ0) is 13.9. The molecule has 0 spiro atoms. The number of hydrogen-bond donors (Lipinski definition) is 0. The lowest BCUT2D eigenvalue weighted by molar-refractivity contribution is 0.773. The minimum Gasteiger partial charge on any atom is -0.356 e. The number of hydrogen-bond acceptors (Lipinski definition) is 3. The van der Waals surface area contributed by atoms with Crippen LogP contribution >= 0.6 is 23.2 Å². The van der Waals surface area contributed by atoms with Crippen LogP contribution in [0.4, 0.5) is 5.82 Å². The summed E-state index contributed by atoms with van der Waals surface area (Å²) in [5, 5.41) is 0.452. The summed E-state index contributed by atoms with van der Waals surface area (Å²) in [6.07, 6.45) is 2.62. The fourth-order valence-corrected chi connectivity index (χ4v) is 3.23. The van der Waals surface area contributed by atoms with Gasteiger partial charge in [0.1, 0.15) is 17.3 Å². The average Bonchev–Trinajstić information content (AvgIpc) is 2.97. The third kappa shape index (κ3) is 2.60. The van der Waals surface area contributed by atoms with E-state index in [0.717, 1.165) is 30.9 Å². The van der Waals surface area contributed by atoms with E-state index in [-0.39, 0.29) is 0 Å². The van der Waals surface area contributed by atoms with Gasteiger partial charge in [0, 0.05) is 24.6 Å². The number of halogens is 2. The van der Waals surface area contributed by atoms with Gasteiger partial charge >= 0.3 is 0 Å². The Morgan fingerprint density at radius 1 is 1.20 bits per heavy atom. The first-order chi connectivity index (χ1) is 9.79. The first kappa shape index (κ1) is 13.7. The molecule has 1 aliphatic rings. The Hall–Kier alpha value is -1.32. The number of aromatic nitrogens is 2. The Morgan fingerprint density at radius 3 is 2.75 bits per heavy atom. The van der Waals surface area contributed by atoms with Crippen LogP contribution in [-0.4, -0.2) is 23.1 Å². The maximum absolute atomic E-state index is 6.10. The van der Waals surface area contributed by atoms with Crippen molar-refractivity contribution in [2.45, 2.75) is 18.2 Å². The van der Waals surface area contributed by atoms with E-state index in [1.165, 1.54) is 11.9 Å². The highest BCUT2D eigenvalue weighted by atomic mass is 35.5. The van der Waals surface area contributed by atoms with Crippen molar-refractivity contribution in [3.8, 4) is 0 Å². The molecule has 0 radical (unpaired) electrons. The minimum absolute atomic E-state index is 0.335.